The maximum absolute atomic E-state index is 14.0. The topological polar surface area (TPSA) is 54.5 Å². The molecule has 1 aliphatic carbocycles. The number of nitrogens with zero attached hydrogens (tertiary/aromatic N) is 2. The summed E-state index contributed by atoms with van der Waals surface area (Å²) in [5.41, 5.74) is 1.14. The zero-order chi connectivity index (χ0) is 17.3. The van der Waals surface area contributed by atoms with Crippen molar-refractivity contribution < 1.29 is 13.9 Å². The Morgan fingerprint density at radius 1 is 1.50 bits per heavy atom. The van der Waals surface area contributed by atoms with E-state index in [0.29, 0.717) is 5.75 Å². The number of thiazole rings is 1. The molecule has 2 amide bonds. The van der Waals surface area contributed by atoms with E-state index in [2.05, 4.69) is 10.3 Å². The number of aromatic nitrogens is 1. The fraction of sp³-hybridized carbons (Fsp3) is 0.412. The molecule has 0 aliphatic heterocycles. The Morgan fingerprint density at radius 2 is 2.29 bits per heavy atom. The number of hydrogen-bond acceptors (Lipinski definition) is 4. The number of methoxy groups -OCH3 is 1. The average molecular weight is 349 g/mol. The summed E-state index contributed by atoms with van der Waals surface area (Å²) in [6, 6.07) is 4.06. The third-order valence-corrected chi connectivity index (χ3v) is 5.36. The van der Waals surface area contributed by atoms with Crippen molar-refractivity contribution in [2.75, 3.05) is 19.5 Å². The fourth-order valence-corrected chi connectivity index (χ4v) is 4.17. The molecule has 0 spiro atoms. The lowest BCUT2D eigenvalue weighted by Gasteiger charge is -2.31. The first kappa shape index (κ1) is 16.7. The molecule has 2 aromatic rings. The average Bonchev–Trinajstić information content (AvgIpc) is 2.95. The molecule has 3 rings (SSSR count). The Hall–Kier alpha value is -2.15. The van der Waals surface area contributed by atoms with Crippen molar-refractivity contribution in [1.29, 1.82) is 0 Å². The zero-order valence-corrected chi connectivity index (χ0v) is 14.7. The lowest BCUT2D eigenvalue weighted by Crippen LogP contribution is -2.36. The smallest absolute Gasteiger partial charge is 0.322 e. The quantitative estimate of drug-likeness (QED) is 0.906. The molecule has 1 atom stereocenters. The van der Waals surface area contributed by atoms with Gasteiger partial charge in [0.15, 0.2) is 5.82 Å². The molecule has 0 saturated heterocycles. The van der Waals surface area contributed by atoms with Crippen molar-refractivity contribution in [2.24, 2.45) is 0 Å². The van der Waals surface area contributed by atoms with E-state index in [1.807, 2.05) is 6.92 Å². The molecule has 1 aliphatic rings. The number of rotatable bonds is 3. The maximum Gasteiger partial charge on any atom is 0.322 e. The molecule has 1 heterocycles. The minimum Gasteiger partial charge on any atom is -0.494 e. The van der Waals surface area contributed by atoms with Crippen LogP contribution >= 0.6 is 11.3 Å². The van der Waals surface area contributed by atoms with Crippen molar-refractivity contribution in [3.05, 3.63) is 39.6 Å². The van der Waals surface area contributed by atoms with Gasteiger partial charge in [0, 0.05) is 7.05 Å². The molecule has 5 nitrogen and oxygen atoms in total. The van der Waals surface area contributed by atoms with Gasteiger partial charge in [0.2, 0.25) is 0 Å². The summed E-state index contributed by atoms with van der Waals surface area (Å²) in [5, 5.41) is 3.65. The highest BCUT2D eigenvalue weighted by Crippen LogP contribution is 2.38. The predicted molar refractivity (Wildman–Crippen MR) is 92.3 cm³/mol. The van der Waals surface area contributed by atoms with Gasteiger partial charge in [-0.2, -0.15) is 0 Å². The number of benzene rings is 1. The molecule has 128 valence electrons. The van der Waals surface area contributed by atoms with Crippen molar-refractivity contribution in [3.63, 3.8) is 0 Å². The molecular weight excluding hydrogens is 329 g/mol. The standard InChI is InChI=1S/C17H20FN3O2S/c1-10-19-12-7-5-8-13(16(12)24-10)21(2)17(22)20-15-11(18)6-4-9-14(15)23-3/h4,6,9,13H,5,7-8H2,1-3H3,(H,20,22)/t13-/m1/s1. The van der Waals surface area contributed by atoms with Gasteiger partial charge in [-0.1, -0.05) is 6.07 Å². The molecule has 0 radical (unpaired) electrons. The Bertz CT molecular complexity index is 762. The van der Waals surface area contributed by atoms with Gasteiger partial charge in [-0.15, -0.1) is 11.3 Å². The van der Waals surface area contributed by atoms with Crippen LogP contribution in [0.1, 0.15) is 34.5 Å². The second-order valence-corrected chi connectivity index (χ2v) is 7.04. The summed E-state index contributed by atoms with van der Waals surface area (Å²) >= 11 is 1.63. The number of halogens is 1. The molecule has 1 aromatic heterocycles. The minimum absolute atomic E-state index is 0.0299. The van der Waals surface area contributed by atoms with Gasteiger partial charge in [-0.25, -0.2) is 14.2 Å². The van der Waals surface area contributed by atoms with Crippen molar-refractivity contribution in [1.82, 2.24) is 9.88 Å². The highest BCUT2D eigenvalue weighted by atomic mass is 32.1. The molecule has 24 heavy (non-hydrogen) atoms. The van der Waals surface area contributed by atoms with Gasteiger partial charge >= 0.3 is 6.03 Å². The number of aryl methyl sites for hydroxylation is 2. The number of para-hydroxylation sites is 1. The summed E-state index contributed by atoms with van der Waals surface area (Å²) in [6.45, 7) is 1.98. The first-order chi connectivity index (χ1) is 11.5. The monoisotopic (exact) mass is 349 g/mol. The van der Waals surface area contributed by atoms with E-state index < -0.39 is 5.82 Å². The Morgan fingerprint density at radius 3 is 3.04 bits per heavy atom. The van der Waals surface area contributed by atoms with Crippen LogP contribution < -0.4 is 10.1 Å². The number of carbonyl (C=O) groups excluding carboxylic acids is 1. The second kappa shape index (κ2) is 6.76. The summed E-state index contributed by atoms with van der Waals surface area (Å²) < 4.78 is 19.2. The van der Waals surface area contributed by atoms with E-state index in [9.17, 15) is 9.18 Å². The molecule has 7 heteroatoms. The Balaban J connectivity index is 1.82. The number of anilines is 1. The highest BCUT2D eigenvalue weighted by Gasteiger charge is 2.30. The van der Waals surface area contributed by atoms with E-state index in [1.54, 1.807) is 35.4 Å². The van der Waals surface area contributed by atoms with Gasteiger partial charge in [0.05, 0.1) is 28.7 Å². The van der Waals surface area contributed by atoms with Crippen LogP contribution in [0.2, 0.25) is 0 Å². The SMILES string of the molecule is COc1cccc(F)c1NC(=O)N(C)[C@@H]1CCCc2nc(C)sc21. The molecule has 0 fully saturated rings. The normalized spacial score (nSPS) is 16.4. The van der Waals surface area contributed by atoms with Crippen LogP contribution in [-0.2, 0) is 6.42 Å². The third-order valence-electron chi connectivity index (χ3n) is 4.24. The van der Waals surface area contributed by atoms with E-state index in [-0.39, 0.29) is 17.8 Å². The number of carbonyl (C=O) groups is 1. The number of hydrogen-bond donors (Lipinski definition) is 1. The van der Waals surface area contributed by atoms with Crippen LogP contribution in [0.25, 0.3) is 0 Å². The number of fused-ring (bicyclic) bond motifs is 1. The van der Waals surface area contributed by atoms with E-state index >= 15 is 0 Å². The van der Waals surface area contributed by atoms with Crippen molar-refractivity contribution in [3.8, 4) is 5.75 Å². The van der Waals surface area contributed by atoms with Gasteiger partial charge in [0.1, 0.15) is 11.4 Å². The first-order valence-electron chi connectivity index (χ1n) is 7.83. The van der Waals surface area contributed by atoms with E-state index in [4.69, 9.17) is 4.74 Å². The molecule has 0 saturated carbocycles. The maximum atomic E-state index is 14.0. The van der Waals surface area contributed by atoms with Gasteiger partial charge in [0.25, 0.3) is 0 Å². The van der Waals surface area contributed by atoms with Gasteiger partial charge in [-0.05, 0) is 38.3 Å². The summed E-state index contributed by atoms with van der Waals surface area (Å²) in [5.74, 6) is -0.219. The van der Waals surface area contributed by atoms with Gasteiger partial charge in [-0.3, -0.25) is 0 Å². The van der Waals surface area contributed by atoms with Gasteiger partial charge < -0.3 is 15.0 Å². The van der Waals surface area contributed by atoms with E-state index in [0.717, 1.165) is 34.8 Å². The minimum atomic E-state index is -0.519. The number of amides is 2. The molecule has 0 bridgehead atoms. The van der Waals surface area contributed by atoms with Crippen LogP contribution in [0.15, 0.2) is 18.2 Å². The molecular formula is C17H20FN3O2S. The summed E-state index contributed by atoms with van der Waals surface area (Å²) in [6.07, 6.45) is 2.82. The third kappa shape index (κ3) is 3.08. The van der Waals surface area contributed by atoms with Crippen molar-refractivity contribution >= 4 is 23.1 Å². The number of urea groups is 1. The molecule has 0 unspecified atom stereocenters. The number of ether oxygens (including phenoxy) is 1. The summed E-state index contributed by atoms with van der Waals surface area (Å²) in [7, 11) is 3.18. The fourth-order valence-electron chi connectivity index (χ4n) is 3.02. The van der Waals surface area contributed by atoms with Crippen LogP contribution in [-0.4, -0.2) is 30.1 Å². The first-order valence-corrected chi connectivity index (χ1v) is 8.65. The van der Waals surface area contributed by atoms with E-state index in [1.165, 1.54) is 13.2 Å². The Labute approximate surface area is 144 Å². The lowest BCUT2D eigenvalue weighted by molar-refractivity contribution is 0.198. The van der Waals surface area contributed by atoms with Crippen LogP contribution in [0, 0.1) is 12.7 Å². The van der Waals surface area contributed by atoms with Crippen molar-refractivity contribution in [2.45, 2.75) is 32.2 Å². The Kier molecular flexibility index (Phi) is 4.71. The number of nitrogens with one attached hydrogen (secondary N) is 1. The highest BCUT2D eigenvalue weighted by molar-refractivity contribution is 7.11. The predicted octanol–water partition coefficient (Wildman–Crippen LogP) is 4.14. The zero-order valence-electron chi connectivity index (χ0n) is 13.9. The van der Waals surface area contributed by atoms with Crippen LogP contribution in [0.3, 0.4) is 0 Å². The van der Waals surface area contributed by atoms with Crippen LogP contribution in [0.5, 0.6) is 5.75 Å². The summed E-state index contributed by atoms with van der Waals surface area (Å²) in [4.78, 5) is 19.9. The lowest BCUT2D eigenvalue weighted by atomic mass is 9.97. The molecule has 1 N–H and O–H groups in total. The molecule has 1 aromatic carbocycles. The largest absolute Gasteiger partial charge is 0.494 e. The second-order valence-electron chi connectivity index (χ2n) is 5.81. The van der Waals surface area contributed by atoms with Crippen LogP contribution in [0.4, 0.5) is 14.9 Å².